The topological polar surface area (TPSA) is 47.6 Å². The van der Waals surface area contributed by atoms with E-state index < -0.39 is 0 Å². The van der Waals surface area contributed by atoms with Crippen molar-refractivity contribution in [3.63, 3.8) is 0 Å². The zero-order valence-electron chi connectivity index (χ0n) is 15.4. The van der Waals surface area contributed by atoms with Crippen molar-refractivity contribution in [1.82, 2.24) is 15.5 Å². The molecule has 0 radical (unpaired) electrons. The summed E-state index contributed by atoms with van der Waals surface area (Å²) in [5.41, 5.74) is 1.28. The van der Waals surface area contributed by atoms with Crippen molar-refractivity contribution in [2.24, 2.45) is 11.8 Å². The van der Waals surface area contributed by atoms with E-state index in [1.54, 1.807) is 0 Å². The third kappa shape index (κ3) is 5.36. The molecule has 0 saturated carbocycles. The van der Waals surface area contributed by atoms with Crippen LogP contribution in [0.25, 0.3) is 0 Å². The second-order valence-corrected chi connectivity index (χ2v) is 7.48. The van der Waals surface area contributed by atoms with Crippen molar-refractivity contribution in [2.45, 2.75) is 26.2 Å². The lowest BCUT2D eigenvalue weighted by Crippen LogP contribution is -2.41. The number of nitrogens with one attached hydrogen (secondary N) is 2. The number of nitrogens with zero attached hydrogens (tertiary/aromatic N) is 2. The minimum atomic E-state index is -0.00731. The first kappa shape index (κ1) is 18.1. The smallest absolute Gasteiger partial charge is 0.314 e. The van der Waals surface area contributed by atoms with E-state index in [0.717, 1.165) is 39.1 Å². The molecule has 25 heavy (non-hydrogen) atoms. The minimum Gasteiger partial charge on any atom is -0.371 e. The van der Waals surface area contributed by atoms with Crippen LogP contribution in [0.15, 0.2) is 30.3 Å². The highest BCUT2D eigenvalue weighted by molar-refractivity contribution is 5.73. The summed E-state index contributed by atoms with van der Waals surface area (Å²) in [7, 11) is 0. The Balaban J connectivity index is 1.31. The van der Waals surface area contributed by atoms with Crippen molar-refractivity contribution in [3.8, 4) is 0 Å². The van der Waals surface area contributed by atoms with Crippen LogP contribution >= 0.6 is 0 Å². The number of likely N-dealkylation sites (tertiary alicyclic amines) is 1. The number of rotatable bonds is 7. The van der Waals surface area contributed by atoms with Crippen LogP contribution in [0.3, 0.4) is 0 Å². The maximum Gasteiger partial charge on any atom is 0.314 e. The molecule has 2 aliphatic heterocycles. The van der Waals surface area contributed by atoms with Gasteiger partial charge in [0.25, 0.3) is 0 Å². The highest BCUT2D eigenvalue weighted by atomic mass is 16.2. The molecule has 0 aliphatic carbocycles. The molecule has 5 heteroatoms. The molecule has 3 rings (SSSR count). The van der Waals surface area contributed by atoms with Crippen LogP contribution in [0.2, 0.25) is 0 Å². The fraction of sp³-hybridized carbons (Fsp3) is 0.650. The van der Waals surface area contributed by atoms with Gasteiger partial charge in [-0.15, -0.1) is 0 Å². The molecule has 2 heterocycles. The third-order valence-corrected chi connectivity index (χ3v) is 5.42. The van der Waals surface area contributed by atoms with Gasteiger partial charge >= 0.3 is 6.03 Å². The van der Waals surface area contributed by atoms with Crippen molar-refractivity contribution in [3.05, 3.63) is 30.3 Å². The fourth-order valence-corrected chi connectivity index (χ4v) is 4.01. The summed E-state index contributed by atoms with van der Waals surface area (Å²) in [6.45, 7) is 9.38. The number of para-hydroxylation sites is 1. The molecule has 0 aromatic heterocycles. The second-order valence-electron chi connectivity index (χ2n) is 7.48. The highest BCUT2D eigenvalue weighted by Gasteiger charge is 2.24. The SMILES string of the molecule is CCCN1CC[C@H](CNC(=O)NC[C@@H]2CCN(c3ccccc3)C2)C1. The van der Waals surface area contributed by atoms with Crippen molar-refractivity contribution in [2.75, 3.05) is 50.7 Å². The van der Waals surface area contributed by atoms with Crippen LogP contribution < -0.4 is 15.5 Å². The zero-order valence-corrected chi connectivity index (χ0v) is 15.4. The summed E-state index contributed by atoms with van der Waals surface area (Å²) >= 11 is 0. The Morgan fingerprint density at radius 1 is 1.04 bits per heavy atom. The number of hydrogen-bond donors (Lipinski definition) is 2. The van der Waals surface area contributed by atoms with Crippen LogP contribution in [0.4, 0.5) is 10.5 Å². The second kappa shape index (κ2) is 9.09. The Morgan fingerprint density at radius 2 is 1.72 bits per heavy atom. The molecule has 2 fully saturated rings. The van der Waals surface area contributed by atoms with Crippen molar-refractivity contribution >= 4 is 11.7 Å². The molecule has 0 unspecified atom stereocenters. The van der Waals surface area contributed by atoms with Gasteiger partial charge < -0.3 is 20.4 Å². The molecule has 2 aliphatic rings. The van der Waals surface area contributed by atoms with Gasteiger partial charge in [-0.05, 0) is 56.3 Å². The number of hydrogen-bond acceptors (Lipinski definition) is 3. The average molecular weight is 345 g/mol. The minimum absolute atomic E-state index is 0.00731. The van der Waals surface area contributed by atoms with E-state index in [0.29, 0.717) is 11.8 Å². The Kier molecular flexibility index (Phi) is 6.56. The first-order valence-corrected chi connectivity index (χ1v) is 9.78. The highest BCUT2D eigenvalue weighted by Crippen LogP contribution is 2.22. The lowest BCUT2D eigenvalue weighted by molar-refractivity contribution is 0.237. The Bertz CT molecular complexity index is 536. The first-order chi connectivity index (χ1) is 12.2. The predicted molar refractivity (Wildman–Crippen MR) is 103 cm³/mol. The lowest BCUT2D eigenvalue weighted by Gasteiger charge is -2.19. The number of carbonyl (C=O) groups is 1. The Hall–Kier alpha value is -1.75. The molecule has 1 aromatic rings. The molecule has 5 nitrogen and oxygen atoms in total. The Morgan fingerprint density at radius 3 is 2.44 bits per heavy atom. The van der Waals surface area contributed by atoms with Gasteiger partial charge in [0.1, 0.15) is 0 Å². The van der Waals surface area contributed by atoms with Crippen LogP contribution in [-0.4, -0.2) is 56.7 Å². The van der Waals surface area contributed by atoms with Crippen LogP contribution in [0.5, 0.6) is 0 Å². The largest absolute Gasteiger partial charge is 0.371 e. The summed E-state index contributed by atoms with van der Waals surface area (Å²) in [6, 6.07) is 10.5. The van der Waals surface area contributed by atoms with E-state index in [1.165, 1.54) is 31.6 Å². The van der Waals surface area contributed by atoms with E-state index >= 15 is 0 Å². The van der Waals surface area contributed by atoms with Crippen LogP contribution in [0, 0.1) is 11.8 Å². The van der Waals surface area contributed by atoms with Gasteiger partial charge in [0, 0.05) is 38.4 Å². The molecule has 2 amide bonds. The maximum absolute atomic E-state index is 12.1. The molecule has 1 aromatic carbocycles. The van der Waals surface area contributed by atoms with Gasteiger partial charge in [-0.3, -0.25) is 0 Å². The van der Waals surface area contributed by atoms with Gasteiger partial charge in [0.15, 0.2) is 0 Å². The van der Waals surface area contributed by atoms with E-state index in [1.807, 2.05) is 0 Å². The van der Waals surface area contributed by atoms with Gasteiger partial charge in [-0.1, -0.05) is 25.1 Å². The normalized spacial score (nSPS) is 23.8. The number of anilines is 1. The van der Waals surface area contributed by atoms with E-state index in [9.17, 15) is 4.79 Å². The third-order valence-electron chi connectivity index (χ3n) is 5.42. The standard InChI is InChI=1S/C20H32N4O/c1-2-10-23-11-8-17(15-23)13-21-20(25)22-14-18-9-12-24(16-18)19-6-4-3-5-7-19/h3-7,17-18H,2,8-16H2,1H3,(H2,21,22,25)/t17-,18+/m1/s1. The predicted octanol–water partition coefficient (Wildman–Crippen LogP) is 2.54. The quantitative estimate of drug-likeness (QED) is 0.799. The van der Waals surface area contributed by atoms with Crippen molar-refractivity contribution in [1.29, 1.82) is 0 Å². The summed E-state index contributed by atoms with van der Waals surface area (Å²) in [5.74, 6) is 1.15. The molecule has 2 atom stereocenters. The van der Waals surface area contributed by atoms with Gasteiger partial charge in [0.05, 0.1) is 0 Å². The van der Waals surface area contributed by atoms with Gasteiger partial charge in [-0.25, -0.2) is 4.79 Å². The average Bonchev–Trinajstić information content (AvgIpc) is 3.29. The number of amides is 2. The molecule has 138 valence electrons. The molecular formula is C20H32N4O. The van der Waals surface area contributed by atoms with Gasteiger partial charge in [-0.2, -0.15) is 0 Å². The lowest BCUT2D eigenvalue weighted by atomic mass is 10.1. The summed E-state index contributed by atoms with van der Waals surface area (Å²) in [5, 5.41) is 6.13. The number of urea groups is 1. The summed E-state index contributed by atoms with van der Waals surface area (Å²) in [4.78, 5) is 17.0. The van der Waals surface area contributed by atoms with Gasteiger partial charge in [0.2, 0.25) is 0 Å². The summed E-state index contributed by atoms with van der Waals surface area (Å²) < 4.78 is 0. The fourth-order valence-electron chi connectivity index (χ4n) is 4.01. The van der Waals surface area contributed by atoms with Crippen LogP contribution in [0.1, 0.15) is 26.2 Å². The monoisotopic (exact) mass is 344 g/mol. The summed E-state index contributed by atoms with van der Waals surface area (Å²) in [6.07, 6.45) is 3.56. The zero-order chi connectivity index (χ0) is 17.5. The van der Waals surface area contributed by atoms with Crippen LogP contribution in [-0.2, 0) is 0 Å². The van der Waals surface area contributed by atoms with E-state index in [2.05, 4.69) is 57.7 Å². The van der Waals surface area contributed by atoms with E-state index in [4.69, 9.17) is 0 Å². The number of carbonyl (C=O) groups excluding carboxylic acids is 1. The Labute approximate surface area is 151 Å². The first-order valence-electron chi connectivity index (χ1n) is 9.78. The molecular weight excluding hydrogens is 312 g/mol. The maximum atomic E-state index is 12.1. The molecule has 0 spiro atoms. The van der Waals surface area contributed by atoms with Crippen molar-refractivity contribution < 1.29 is 4.79 Å². The molecule has 0 bridgehead atoms. The number of benzene rings is 1. The molecule has 2 saturated heterocycles. The molecule has 2 N–H and O–H groups in total. The van der Waals surface area contributed by atoms with E-state index in [-0.39, 0.29) is 6.03 Å².